The molecule has 1 aliphatic rings. The number of aliphatic carboxylic acids is 1. The molecule has 0 saturated carbocycles. The van der Waals surface area contributed by atoms with Crippen LogP contribution < -0.4 is 0 Å². The summed E-state index contributed by atoms with van der Waals surface area (Å²) in [5, 5.41) is 27.3. The average Bonchev–Trinajstić information content (AvgIpc) is 3.17. The van der Waals surface area contributed by atoms with Gasteiger partial charge in [0, 0.05) is 31.0 Å². The van der Waals surface area contributed by atoms with Gasteiger partial charge in [-0.3, -0.25) is 19.7 Å². The number of carbonyl (C=O) groups excluding carboxylic acids is 1. The molecule has 0 bridgehead atoms. The first-order valence-electron chi connectivity index (χ1n) is 9.50. The van der Waals surface area contributed by atoms with E-state index in [1.54, 1.807) is 30.6 Å². The van der Waals surface area contributed by atoms with Gasteiger partial charge in [-0.2, -0.15) is 5.10 Å². The van der Waals surface area contributed by atoms with Crippen molar-refractivity contribution in [3.8, 4) is 11.3 Å². The van der Waals surface area contributed by atoms with Crippen molar-refractivity contribution in [2.75, 3.05) is 13.1 Å². The molecule has 0 radical (unpaired) electrons. The number of hydrogen-bond acceptors (Lipinski definition) is 5. The Hall–Kier alpha value is -2.74. The maximum Gasteiger partial charge on any atom is 0.314 e. The topological polar surface area (TPSA) is 119 Å². The summed E-state index contributed by atoms with van der Waals surface area (Å²) < 4.78 is 0. The first-order chi connectivity index (χ1) is 13.3. The van der Waals surface area contributed by atoms with Crippen LogP contribution in [-0.2, 0) is 4.79 Å². The second kappa shape index (κ2) is 8.10. The lowest BCUT2D eigenvalue weighted by molar-refractivity contribution is -0.163. The van der Waals surface area contributed by atoms with Gasteiger partial charge >= 0.3 is 5.97 Å². The number of carboxylic acids is 1. The predicted octanol–water partition coefficient (Wildman–Crippen LogP) is 2.19. The standard InChI is InChI=1S/C20H26N4O4/c1-13(2)3-7-20(19(27)28)12-24(10-6-17(20)25)18(26)16-11-15(22-23-16)14-4-8-21-9-5-14/h4-5,8-9,11,13,17,25H,3,6-7,10,12H2,1-2H3,(H,22,23)(H,27,28)/t17-,20+/m0/s1. The van der Waals surface area contributed by atoms with E-state index in [1.807, 2.05) is 13.8 Å². The Labute approximate surface area is 163 Å². The molecule has 3 rings (SSSR count). The van der Waals surface area contributed by atoms with E-state index in [1.165, 1.54) is 4.90 Å². The van der Waals surface area contributed by atoms with Gasteiger partial charge in [-0.1, -0.05) is 13.8 Å². The second-order valence-electron chi connectivity index (χ2n) is 7.83. The van der Waals surface area contributed by atoms with Gasteiger partial charge in [-0.25, -0.2) is 0 Å². The van der Waals surface area contributed by atoms with Crippen LogP contribution in [0.4, 0.5) is 0 Å². The number of aromatic amines is 1. The average molecular weight is 386 g/mol. The normalized spacial score (nSPS) is 22.4. The smallest absolute Gasteiger partial charge is 0.314 e. The van der Waals surface area contributed by atoms with Crippen LogP contribution in [0, 0.1) is 11.3 Å². The van der Waals surface area contributed by atoms with Gasteiger partial charge in [0.2, 0.25) is 0 Å². The van der Waals surface area contributed by atoms with Crippen molar-refractivity contribution in [2.45, 2.75) is 39.2 Å². The quantitative estimate of drug-likeness (QED) is 0.700. The Morgan fingerprint density at radius 1 is 1.36 bits per heavy atom. The summed E-state index contributed by atoms with van der Waals surface area (Å²) in [6.45, 7) is 4.32. The molecule has 0 aromatic carbocycles. The van der Waals surface area contributed by atoms with Gasteiger partial charge in [-0.15, -0.1) is 0 Å². The van der Waals surface area contributed by atoms with Crippen LogP contribution in [0.15, 0.2) is 30.6 Å². The molecule has 1 fully saturated rings. The lowest BCUT2D eigenvalue weighted by Gasteiger charge is -2.43. The van der Waals surface area contributed by atoms with E-state index in [9.17, 15) is 19.8 Å². The third-order valence-corrected chi connectivity index (χ3v) is 5.45. The largest absolute Gasteiger partial charge is 0.481 e. The maximum absolute atomic E-state index is 13.0. The zero-order chi connectivity index (χ0) is 20.3. The molecule has 0 unspecified atom stereocenters. The Balaban J connectivity index is 1.80. The van der Waals surface area contributed by atoms with Crippen LogP contribution in [0.2, 0.25) is 0 Å². The summed E-state index contributed by atoms with van der Waals surface area (Å²) in [5.41, 5.74) is 0.404. The molecule has 2 atom stereocenters. The highest BCUT2D eigenvalue weighted by Crippen LogP contribution is 2.37. The summed E-state index contributed by atoms with van der Waals surface area (Å²) in [6, 6.07) is 5.24. The van der Waals surface area contributed by atoms with Crippen molar-refractivity contribution >= 4 is 11.9 Å². The van der Waals surface area contributed by atoms with Crippen LogP contribution in [0.3, 0.4) is 0 Å². The summed E-state index contributed by atoms with van der Waals surface area (Å²) in [7, 11) is 0. The molecule has 0 aliphatic carbocycles. The van der Waals surface area contributed by atoms with Gasteiger partial charge in [0.1, 0.15) is 11.1 Å². The molecule has 1 aliphatic heterocycles. The highest BCUT2D eigenvalue weighted by Gasteiger charge is 2.50. The molecule has 3 heterocycles. The number of hydrogen-bond donors (Lipinski definition) is 3. The van der Waals surface area contributed by atoms with Gasteiger partial charge in [0.15, 0.2) is 0 Å². The predicted molar refractivity (Wildman–Crippen MR) is 102 cm³/mol. The minimum absolute atomic E-state index is 0.0152. The Morgan fingerprint density at radius 3 is 2.71 bits per heavy atom. The van der Waals surface area contributed by atoms with Crippen LogP contribution in [0.5, 0.6) is 0 Å². The van der Waals surface area contributed by atoms with Crippen LogP contribution in [0.1, 0.15) is 43.6 Å². The number of nitrogens with one attached hydrogen (secondary N) is 1. The third kappa shape index (κ3) is 3.91. The van der Waals surface area contributed by atoms with Crippen molar-refractivity contribution in [3.63, 3.8) is 0 Å². The van der Waals surface area contributed by atoms with Crippen molar-refractivity contribution in [1.29, 1.82) is 0 Å². The first kappa shape index (κ1) is 20.0. The van der Waals surface area contributed by atoms with Gasteiger partial charge in [0.05, 0.1) is 11.8 Å². The Bertz CT molecular complexity index is 836. The van der Waals surface area contributed by atoms with Gasteiger partial charge in [-0.05, 0) is 43.4 Å². The minimum atomic E-state index is -1.34. The summed E-state index contributed by atoms with van der Waals surface area (Å²) in [4.78, 5) is 30.5. The Kier molecular flexibility index (Phi) is 5.79. The molecule has 2 aromatic heterocycles. The number of rotatable bonds is 6. The van der Waals surface area contributed by atoms with E-state index in [0.29, 0.717) is 36.7 Å². The summed E-state index contributed by atoms with van der Waals surface area (Å²) in [6.07, 6.45) is 3.56. The highest BCUT2D eigenvalue weighted by molar-refractivity contribution is 5.94. The zero-order valence-corrected chi connectivity index (χ0v) is 16.1. The second-order valence-corrected chi connectivity index (χ2v) is 7.83. The number of pyridine rings is 1. The van der Waals surface area contributed by atoms with Crippen molar-refractivity contribution in [3.05, 3.63) is 36.3 Å². The number of aromatic nitrogens is 3. The minimum Gasteiger partial charge on any atom is -0.481 e. The number of carbonyl (C=O) groups is 2. The van der Waals surface area contributed by atoms with Gasteiger partial charge < -0.3 is 15.1 Å². The van der Waals surface area contributed by atoms with E-state index < -0.39 is 17.5 Å². The van der Waals surface area contributed by atoms with E-state index >= 15 is 0 Å². The fourth-order valence-electron chi connectivity index (χ4n) is 3.63. The van der Waals surface area contributed by atoms with E-state index in [0.717, 1.165) is 5.56 Å². The van der Waals surface area contributed by atoms with E-state index in [2.05, 4.69) is 15.2 Å². The number of amides is 1. The van der Waals surface area contributed by atoms with E-state index in [4.69, 9.17) is 0 Å². The molecule has 8 heteroatoms. The SMILES string of the molecule is CC(C)CC[C@@]1(C(=O)O)CN(C(=O)c2cc(-c3ccncc3)n[nH]2)CC[C@@H]1O. The molecule has 2 aromatic rings. The van der Waals surface area contributed by atoms with Crippen molar-refractivity contribution < 1.29 is 19.8 Å². The number of aliphatic hydroxyl groups is 1. The number of nitrogens with zero attached hydrogens (tertiary/aromatic N) is 3. The molecule has 8 nitrogen and oxygen atoms in total. The number of likely N-dealkylation sites (tertiary alicyclic amines) is 1. The van der Waals surface area contributed by atoms with E-state index in [-0.39, 0.29) is 18.9 Å². The number of H-pyrrole nitrogens is 1. The molecule has 150 valence electrons. The highest BCUT2D eigenvalue weighted by atomic mass is 16.4. The fourth-order valence-corrected chi connectivity index (χ4v) is 3.63. The van der Waals surface area contributed by atoms with Crippen molar-refractivity contribution in [1.82, 2.24) is 20.1 Å². The van der Waals surface area contributed by atoms with Crippen LogP contribution in [0.25, 0.3) is 11.3 Å². The molecule has 28 heavy (non-hydrogen) atoms. The van der Waals surface area contributed by atoms with Crippen LogP contribution >= 0.6 is 0 Å². The summed E-state index contributed by atoms with van der Waals surface area (Å²) in [5.74, 6) is -1.06. The fraction of sp³-hybridized carbons (Fsp3) is 0.500. The maximum atomic E-state index is 13.0. The molecular formula is C20H26N4O4. The van der Waals surface area contributed by atoms with Gasteiger partial charge in [0.25, 0.3) is 5.91 Å². The molecule has 0 spiro atoms. The number of aliphatic hydroxyl groups excluding tert-OH is 1. The number of piperidine rings is 1. The molecular weight excluding hydrogens is 360 g/mol. The molecule has 3 N–H and O–H groups in total. The first-order valence-corrected chi connectivity index (χ1v) is 9.50. The van der Waals surface area contributed by atoms with Crippen molar-refractivity contribution in [2.24, 2.45) is 11.3 Å². The third-order valence-electron chi connectivity index (χ3n) is 5.45. The lowest BCUT2D eigenvalue weighted by atomic mass is 9.72. The molecule has 1 amide bonds. The Morgan fingerprint density at radius 2 is 2.07 bits per heavy atom. The zero-order valence-electron chi connectivity index (χ0n) is 16.1. The lowest BCUT2D eigenvalue weighted by Crippen LogP contribution is -2.57. The number of carboxylic acid groups (broad SMARTS) is 1. The monoisotopic (exact) mass is 386 g/mol. The van der Waals surface area contributed by atoms with Crippen LogP contribution in [-0.4, -0.2) is 61.4 Å². The molecule has 1 saturated heterocycles. The summed E-state index contributed by atoms with van der Waals surface area (Å²) >= 11 is 0.